The maximum absolute atomic E-state index is 12.6. The van der Waals surface area contributed by atoms with Crippen molar-refractivity contribution >= 4 is 40.6 Å². The zero-order valence-corrected chi connectivity index (χ0v) is 15.3. The number of hydrogen-bond acceptors (Lipinski definition) is 4. The first-order valence-electron chi connectivity index (χ1n) is 7.68. The van der Waals surface area contributed by atoms with Crippen LogP contribution in [0, 0.1) is 6.92 Å². The van der Waals surface area contributed by atoms with Crippen LogP contribution in [0.2, 0.25) is 5.02 Å². The number of nitrogens with one attached hydrogen (secondary N) is 2. The summed E-state index contributed by atoms with van der Waals surface area (Å²) in [6.07, 6.45) is 0. The zero-order valence-electron chi connectivity index (χ0n) is 13.8. The second kappa shape index (κ2) is 7.99. The fraction of sp³-hybridized carbons (Fsp3) is 0.0556. The molecule has 0 radical (unpaired) electrons. The Labute approximate surface area is 158 Å². The number of amides is 2. The molecule has 6 nitrogen and oxygen atoms in total. The molecule has 1 heterocycles. The van der Waals surface area contributed by atoms with Crippen LogP contribution < -0.4 is 15.5 Å². The van der Waals surface area contributed by atoms with Gasteiger partial charge in [0, 0.05) is 27.3 Å². The van der Waals surface area contributed by atoms with E-state index in [2.05, 4.69) is 15.8 Å². The average Bonchev–Trinajstić information content (AvgIpc) is 3.03. The number of hydrogen-bond donors (Lipinski definition) is 2. The molecule has 3 aromatic rings. The number of rotatable bonds is 3. The van der Waals surface area contributed by atoms with Gasteiger partial charge in [-0.1, -0.05) is 29.8 Å². The highest BCUT2D eigenvalue weighted by atomic mass is 35.5. The molecule has 0 saturated carbocycles. The second-order valence-corrected chi connectivity index (χ2v) is 6.62. The minimum Gasteiger partial charge on any atom is -0.307 e. The van der Waals surface area contributed by atoms with Gasteiger partial charge in [-0.2, -0.15) is 0 Å². The predicted octanol–water partition coefficient (Wildman–Crippen LogP) is 3.84. The lowest BCUT2D eigenvalue weighted by atomic mass is 10.2. The highest BCUT2D eigenvalue weighted by molar-refractivity contribution is 7.07. The van der Waals surface area contributed by atoms with Gasteiger partial charge < -0.3 is 5.32 Å². The summed E-state index contributed by atoms with van der Waals surface area (Å²) in [5, 5.41) is 9.22. The summed E-state index contributed by atoms with van der Waals surface area (Å²) in [6, 6.07) is 15.1. The van der Waals surface area contributed by atoms with E-state index in [-0.39, 0.29) is 11.9 Å². The molecule has 2 N–H and O–H groups in total. The van der Waals surface area contributed by atoms with Crippen LogP contribution in [0.15, 0.2) is 65.1 Å². The van der Waals surface area contributed by atoms with Crippen LogP contribution in [-0.4, -0.2) is 16.5 Å². The number of benzene rings is 2. The first kappa shape index (κ1) is 17.9. The van der Waals surface area contributed by atoms with E-state index < -0.39 is 0 Å². The molecule has 2 amide bonds. The molecule has 0 aliphatic carbocycles. The smallest absolute Gasteiger partial charge is 0.307 e. The van der Waals surface area contributed by atoms with Gasteiger partial charge in [0.05, 0.1) is 0 Å². The molecule has 0 aliphatic rings. The standard InChI is InChI=1S/C18H15ClN4O2S/c1-12-11-26-18(22-21-16(24)13-5-3-2-4-6-13)23(12)17(25)20-15-9-7-14(19)8-10-15/h2-11H,1H3,(H,20,25)(H,21,24)/b22-18-. The van der Waals surface area contributed by atoms with Gasteiger partial charge in [0.1, 0.15) is 0 Å². The quantitative estimate of drug-likeness (QED) is 0.671. The van der Waals surface area contributed by atoms with Crippen molar-refractivity contribution in [2.24, 2.45) is 5.10 Å². The molecule has 2 aromatic carbocycles. The summed E-state index contributed by atoms with van der Waals surface area (Å²) in [7, 11) is 0. The van der Waals surface area contributed by atoms with Gasteiger partial charge in [0.15, 0.2) is 0 Å². The Bertz CT molecular complexity index is 994. The lowest BCUT2D eigenvalue weighted by molar-refractivity contribution is 0.0953. The van der Waals surface area contributed by atoms with Crippen LogP contribution >= 0.6 is 22.9 Å². The number of carbonyl (C=O) groups is 2. The summed E-state index contributed by atoms with van der Waals surface area (Å²) in [5.74, 6) is -0.346. The van der Waals surface area contributed by atoms with E-state index in [1.54, 1.807) is 60.8 Å². The van der Waals surface area contributed by atoms with Crippen molar-refractivity contribution in [3.63, 3.8) is 0 Å². The number of aromatic nitrogens is 1. The predicted molar refractivity (Wildman–Crippen MR) is 102 cm³/mol. The molecule has 0 bridgehead atoms. The number of carbonyl (C=O) groups excluding carboxylic acids is 2. The highest BCUT2D eigenvalue weighted by Gasteiger charge is 2.11. The average molecular weight is 387 g/mol. The first-order chi connectivity index (χ1) is 12.5. The van der Waals surface area contributed by atoms with E-state index in [1.165, 1.54) is 15.9 Å². The maximum Gasteiger partial charge on any atom is 0.332 e. The fourth-order valence-electron chi connectivity index (χ4n) is 2.18. The second-order valence-electron chi connectivity index (χ2n) is 5.35. The molecule has 132 valence electrons. The van der Waals surface area contributed by atoms with Gasteiger partial charge in [0.25, 0.3) is 5.91 Å². The third-order valence-electron chi connectivity index (χ3n) is 3.47. The van der Waals surface area contributed by atoms with Gasteiger partial charge >= 0.3 is 6.03 Å². The summed E-state index contributed by atoms with van der Waals surface area (Å²) >= 11 is 7.10. The van der Waals surface area contributed by atoms with Crippen molar-refractivity contribution in [3.05, 3.63) is 81.1 Å². The molecule has 0 saturated heterocycles. The molecule has 0 aliphatic heterocycles. The first-order valence-corrected chi connectivity index (χ1v) is 8.93. The minimum atomic E-state index is -0.376. The third kappa shape index (κ3) is 4.19. The summed E-state index contributed by atoms with van der Waals surface area (Å²) in [6.45, 7) is 1.79. The van der Waals surface area contributed by atoms with Crippen molar-refractivity contribution in [2.45, 2.75) is 6.92 Å². The van der Waals surface area contributed by atoms with Crippen LogP contribution in [0.5, 0.6) is 0 Å². The number of anilines is 1. The summed E-state index contributed by atoms with van der Waals surface area (Å²) in [5.41, 5.74) is 4.27. The van der Waals surface area contributed by atoms with Crippen molar-refractivity contribution in [3.8, 4) is 0 Å². The lowest BCUT2D eigenvalue weighted by Crippen LogP contribution is -2.31. The molecule has 8 heteroatoms. The van der Waals surface area contributed by atoms with Gasteiger partial charge in [-0.15, -0.1) is 16.4 Å². The Hall–Kier alpha value is -2.90. The van der Waals surface area contributed by atoms with E-state index >= 15 is 0 Å². The number of thiazole rings is 1. The number of nitrogens with zero attached hydrogens (tertiary/aromatic N) is 2. The van der Waals surface area contributed by atoms with Crippen molar-refractivity contribution in [2.75, 3.05) is 5.32 Å². The van der Waals surface area contributed by atoms with Crippen LogP contribution in [0.25, 0.3) is 0 Å². The molecular formula is C18H15ClN4O2S. The zero-order chi connectivity index (χ0) is 18.5. The molecule has 0 atom stereocenters. The topological polar surface area (TPSA) is 75.5 Å². The normalized spacial score (nSPS) is 11.2. The lowest BCUT2D eigenvalue weighted by Gasteiger charge is -2.07. The molecule has 0 unspecified atom stereocenters. The van der Waals surface area contributed by atoms with Gasteiger partial charge in [-0.05, 0) is 43.3 Å². The van der Waals surface area contributed by atoms with Crippen molar-refractivity contribution in [1.82, 2.24) is 9.99 Å². The Balaban J connectivity index is 1.80. The maximum atomic E-state index is 12.6. The highest BCUT2D eigenvalue weighted by Crippen LogP contribution is 2.14. The van der Waals surface area contributed by atoms with Gasteiger partial charge in [-0.3, -0.25) is 4.79 Å². The Morgan fingerprint density at radius 2 is 1.77 bits per heavy atom. The Morgan fingerprint density at radius 3 is 2.46 bits per heavy atom. The minimum absolute atomic E-state index is 0.346. The van der Waals surface area contributed by atoms with Crippen LogP contribution in [0.1, 0.15) is 16.1 Å². The summed E-state index contributed by atoms with van der Waals surface area (Å²) < 4.78 is 1.39. The van der Waals surface area contributed by atoms with Gasteiger partial charge in [0.2, 0.25) is 4.80 Å². The Morgan fingerprint density at radius 1 is 1.08 bits per heavy atom. The van der Waals surface area contributed by atoms with Crippen LogP contribution in [0.4, 0.5) is 10.5 Å². The Kier molecular flexibility index (Phi) is 5.50. The van der Waals surface area contributed by atoms with E-state index in [4.69, 9.17) is 11.6 Å². The fourth-order valence-corrected chi connectivity index (χ4v) is 3.12. The third-order valence-corrected chi connectivity index (χ3v) is 4.66. The van der Waals surface area contributed by atoms with Crippen molar-refractivity contribution in [1.29, 1.82) is 0 Å². The van der Waals surface area contributed by atoms with E-state index in [0.717, 1.165) is 0 Å². The number of halogens is 1. The molecular weight excluding hydrogens is 372 g/mol. The SMILES string of the molecule is Cc1cs/c(=N\NC(=O)c2ccccc2)n1C(=O)Nc1ccc(Cl)cc1. The molecule has 0 spiro atoms. The molecule has 3 rings (SSSR count). The van der Waals surface area contributed by atoms with E-state index in [1.807, 2.05) is 6.07 Å². The molecule has 0 fully saturated rings. The molecule has 26 heavy (non-hydrogen) atoms. The van der Waals surface area contributed by atoms with Gasteiger partial charge in [-0.25, -0.2) is 14.8 Å². The van der Waals surface area contributed by atoms with Crippen molar-refractivity contribution < 1.29 is 9.59 Å². The van der Waals surface area contributed by atoms with Crippen LogP contribution in [-0.2, 0) is 0 Å². The monoisotopic (exact) mass is 386 g/mol. The van der Waals surface area contributed by atoms with Crippen LogP contribution in [0.3, 0.4) is 0 Å². The summed E-state index contributed by atoms with van der Waals surface area (Å²) in [4.78, 5) is 25.0. The number of aryl methyl sites for hydroxylation is 1. The van der Waals surface area contributed by atoms with E-state index in [9.17, 15) is 9.59 Å². The largest absolute Gasteiger partial charge is 0.332 e. The van der Waals surface area contributed by atoms with E-state index in [0.29, 0.717) is 26.8 Å². The molecule has 1 aromatic heterocycles.